The third-order valence-electron chi connectivity index (χ3n) is 2.81. The Morgan fingerprint density at radius 1 is 1.17 bits per heavy atom. The molecule has 3 rings (SSSR count). The number of rotatable bonds is 1. The Morgan fingerprint density at radius 3 is 2.78 bits per heavy atom. The molecule has 0 aliphatic heterocycles. The molecular weight excluding hydrogens is 250 g/mol. The van der Waals surface area contributed by atoms with Crippen LogP contribution in [0.25, 0.3) is 22.2 Å². The van der Waals surface area contributed by atoms with Gasteiger partial charge >= 0.3 is 0 Å². The molecule has 1 heterocycles. The summed E-state index contributed by atoms with van der Waals surface area (Å²) in [6.45, 7) is 0. The molecule has 0 saturated carbocycles. The first-order valence-corrected chi connectivity index (χ1v) is 5.75. The number of aromatic nitrogens is 2. The first-order chi connectivity index (χ1) is 8.65. The predicted octanol–water partition coefficient (Wildman–Crippen LogP) is 3.17. The van der Waals surface area contributed by atoms with Crippen molar-refractivity contribution < 1.29 is 5.11 Å². The molecule has 0 fully saturated rings. The Morgan fingerprint density at radius 2 is 2.00 bits per heavy atom. The Hall–Kier alpha value is -2.20. The molecule has 1 aromatic heterocycles. The number of nitrogens with two attached hydrogens (primary N) is 1. The molecular formula is C13H10ClN3O. The summed E-state index contributed by atoms with van der Waals surface area (Å²) >= 11 is 5.90. The topological polar surface area (TPSA) is 74.9 Å². The Labute approximate surface area is 108 Å². The van der Waals surface area contributed by atoms with Crippen molar-refractivity contribution in [1.29, 1.82) is 0 Å². The van der Waals surface area contributed by atoms with Gasteiger partial charge in [0.25, 0.3) is 0 Å². The van der Waals surface area contributed by atoms with Gasteiger partial charge in [-0.3, -0.25) is 5.10 Å². The maximum atomic E-state index is 9.42. The second kappa shape index (κ2) is 3.92. The number of hydrogen-bond acceptors (Lipinski definition) is 3. The highest BCUT2D eigenvalue weighted by Crippen LogP contribution is 2.32. The fourth-order valence-electron chi connectivity index (χ4n) is 1.91. The van der Waals surface area contributed by atoms with E-state index in [1.165, 1.54) is 0 Å². The van der Waals surface area contributed by atoms with Crippen LogP contribution in [0.15, 0.2) is 36.4 Å². The number of H-pyrrole nitrogens is 1. The molecule has 90 valence electrons. The summed E-state index contributed by atoms with van der Waals surface area (Å²) in [5.41, 5.74) is 8.95. The maximum Gasteiger partial charge on any atom is 0.134 e. The van der Waals surface area contributed by atoms with Gasteiger partial charge in [-0.05, 0) is 36.4 Å². The van der Waals surface area contributed by atoms with Crippen molar-refractivity contribution in [3.05, 3.63) is 41.4 Å². The van der Waals surface area contributed by atoms with Gasteiger partial charge in [0.2, 0.25) is 0 Å². The lowest BCUT2D eigenvalue weighted by molar-refractivity contribution is 0.475. The number of aromatic hydroxyl groups is 1. The average Bonchev–Trinajstić information content (AvgIpc) is 2.75. The van der Waals surface area contributed by atoms with Crippen LogP contribution in [0, 0.1) is 0 Å². The van der Waals surface area contributed by atoms with Crippen molar-refractivity contribution in [3.63, 3.8) is 0 Å². The van der Waals surface area contributed by atoms with Gasteiger partial charge < -0.3 is 10.8 Å². The van der Waals surface area contributed by atoms with E-state index in [0.717, 1.165) is 22.2 Å². The van der Waals surface area contributed by atoms with Crippen LogP contribution in [-0.2, 0) is 0 Å². The van der Waals surface area contributed by atoms with Crippen molar-refractivity contribution >= 4 is 28.2 Å². The van der Waals surface area contributed by atoms with E-state index in [1.54, 1.807) is 18.2 Å². The second-order valence-electron chi connectivity index (χ2n) is 4.04. The normalized spacial score (nSPS) is 10.9. The van der Waals surface area contributed by atoms with Crippen molar-refractivity contribution in [2.24, 2.45) is 0 Å². The van der Waals surface area contributed by atoms with Gasteiger partial charge in [-0.1, -0.05) is 11.6 Å². The number of benzene rings is 2. The van der Waals surface area contributed by atoms with Gasteiger partial charge in [0, 0.05) is 16.6 Å². The summed E-state index contributed by atoms with van der Waals surface area (Å²) in [6, 6.07) is 10.5. The monoisotopic (exact) mass is 259 g/mol. The Bertz CT molecular complexity index is 736. The number of phenols is 1. The molecule has 0 saturated heterocycles. The molecule has 3 aromatic rings. The Kier molecular flexibility index (Phi) is 2.38. The van der Waals surface area contributed by atoms with E-state index in [4.69, 9.17) is 17.3 Å². The molecule has 0 aliphatic carbocycles. The molecule has 0 aliphatic rings. The van der Waals surface area contributed by atoms with Gasteiger partial charge in [0.15, 0.2) is 0 Å². The summed E-state index contributed by atoms with van der Waals surface area (Å²) in [7, 11) is 0. The van der Waals surface area contributed by atoms with Gasteiger partial charge in [-0.2, -0.15) is 5.10 Å². The number of halogens is 1. The lowest BCUT2D eigenvalue weighted by Gasteiger charge is -2.01. The minimum Gasteiger partial charge on any atom is -0.506 e. The van der Waals surface area contributed by atoms with Crippen LogP contribution in [0.4, 0.5) is 5.69 Å². The van der Waals surface area contributed by atoms with Crippen LogP contribution in [0.5, 0.6) is 5.75 Å². The van der Waals surface area contributed by atoms with Crippen LogP contribution in [0.3, 0.4) is 0 Å². The van der Waals surface area contributed by atoms with Gasteiger partial charge in [0.1, 0.15) is 11.4 Å². The van der Waals surface area contributed by atoms with Crippen LogP contribution >= 0.6 is 11.6 Å². The summed E-state index contributed by atoms with van der Waals surface area (Å²) in [5, 5.41) is 17.8. The highest BCUT2D eigenvalue weighted by atomic mass is 35.5. The largest absolute Gasteiger partial charge is 0.506 e. The highest BCUT2D eigenvalue weighted by molar-refractivity contribution is 6.32. The fourth-order valence-corrected chi connectivity index (χ4v) is 2.09. The second-order valence-corrected chi connectivity index (χ2v) is 4.45. The van der Waals surface area contributed by atoms with E-state index < -0.39 is 0 Å². The molecule has 0 unspecified atom stereocenters. The first kappa shape index (κ1) is 10.9. The van der Waals surface area contributed by atoms with Gasteiger partial charge in [-0.25, -0.2) is 0 Å². The molecule has 0 amide bonds. The number of fused-ring (bicyclic) bond motifs is 1. The predicted molar refractivity (Wildman–Crippen MR) is 72.6 cm³/mol. The van der Waals surface area contributed by atoms with Crippen LogP contribution in [0.2, 0.25) is 5.02 Å². The first-order valence-electron chi connectivity index (χ1n) is 5.37. The standard InChI is InChI=1S/C13H10ClN3O/c14-10-5-7(1-4-12(10)18)13-9-6-8(15)2-3-11(9)16-17-13/h1-6,18H,15H2,(H,16,17). The fraction of sp³-hybridized carbons (Fsp3) is 0. The molecule has 4 N–H and O–H groups in total. The van der Waals surface area contributed by atoms with E-state index in [9.17, 15) is 5.11 Å². The maximum absolute atomic E-state index is 9.42. The minimum atomic E-state index is 0.0553. The lowest BCUT2D eigenvalue weighted by Crippen LogP contribution is -1.83. The third-order valence-corrected chi connectivity index (χ3v) is 3.11. The SMILES string of the molecule is Nc1ccc2[nH]nc(-c3ccc(O)c(Cl)c3)c2c1. The summed E-state index contributed by atoms with van der Waals surface area (Å²) in [5.74, 6) is 0.0553. The van der Waals surface area contributed by atoms with Crippen LogP contribution in [-0.4, -0.2) is 15.3 Å². The molecule has 0 atom stereocenters. The van der Waals surface area contributed by atoms with E-state index in [0.29, 0.717) is 10.7 Å². The summed E-state index contributed by atoms with van der Waals surface area (Å²) in [4.78, 5) is 0. The molecule has 4 nitrogen and oxygen atoms in total. The van der Waals surface area contributed by atoms with Crippen molar-refractivity contribution in [2.75, 3.05) is 5.73 Å². The summed E-state index contributed by atoms with van der Waals surface area (Å²) < 4.78 is 0. The van der Waals surface area contributed by atoms with Crippen molar-refractivity contribution in [1.82, 2.24) is 10.2 Å². The zero-order chi connectivity index (χ0) is 12.7. The number of aromatic amines is 1. The van der Waals surface area contributed by atoms with E-state index in [2.05, 4.69) is 10.2 Å². The number of nitrogen functional groups attached to an aromatic ring is 1. The molecule has 0 radical (unpaired) electrons. The number of phenolic OH excluding ortho intramolecular Hbond substituents is 1. The molecule has 5 heteroatoms. The third kappa shape index (κ3) is 1.67. The number of nitrogens with one attached hydrogen (secondary N) is 1. The van der Waals surface area contributed by atoms with Crippen LogP contribution in [0.1, 0.15) is 0 Å². The van der Waals surface area contributed by atoms with E-state index in [1.807, 2.05) is 18.2 Å². The quantitative estimate of drug-likeness (QED) is 0.588. The number of nitrogens with zero attached hydrogens (tertiary/aromatic N) is 1. The minimum absolute atomic E-state index is 0.0553. The number of hydrogen-bond donors (Lipinski definition) is 3. The van der Waals surface area contributed by atoms with E-state index in [-0.39, 0.29) is 5.75 Å². The molecule has 0 bridgehead atoms. The van der Waals surface area contributed by atoms with Gasteiger partial charge in [-0.15, -0.1) is 0 Å². The Balaban J connectivity index is 2.24. The number of anilines is 1. The smallest absolute Gasteiger partial charge is 0.134 e. The molecule has 0 spiro atoms. The van der Waals surface area contributed by atoms with Crippen molar-refractivity contribution in [3.8, 4) is 17.0 Å². The van der Waals surface area contributed by atoms with Crippen molar-refractivity contribution in [2.45, 2.75) is 0 Å². The molecule has 2 aromatic carbocycles. The van der Waals surface area contributed by atoms with E-state index >= 15 is 0 Å². The zero-order valence-electron chi connectivity index (χ0n) is 9.31. The highest BCUT2D eigenvalue weighted by Gasteiger charge is 2.10. The van der Waals surface area contributed by atoms with Gasteiger partial charge in [0.05, 0.1) is 10.5 Å². The zero-order valence-corrected chi connectivity index (χ0v) is 10.1. The molecule has 18 heavy (non-hydrogen) atoms. The lowest BCUT2D eigenvalue weighted by atomic mass is 10.1. The summed E-state index contributed by atoms with van der Waals surface area (Å²) in [6.07, 6.45) is 0. The van der Waals surface area contributed by atoms with Crippen LogP contribution < -0.4 is 5.73 Å². The average molecular weight is 260 g/mol.